The van der Waals surface area contributed by atoms with Gasteiger partial charge in [0, 0.05) is 48.4 Å². The van der Waals surface area contributed by atoms with Crippen LogP contribution in [0.5, 0.6) is 0 Å². The Hall–Kier alpha value is -3.39. The van der Waals surface area contributed by atoms with Gasteiger partial charge in [0.15, 0.2) is 5.82 Å². The highest BCUT2D eigenvalue weighted by Gasteiger charge is 2.13. The van der Waals surface area contributed by atoms with E-state index in [4.69, 9.17) is 16.1 Å². The predicted molar refractivity (Wildman–Crippen MR) is 119 cm³/mol. The summed E-state index contributed by atoms with van der Waals surface area (Å²) in [4.78, 5) is 30.2. The lowest BCUT2D eigenvalue weighted by Gasteiger charge is -2.17. The summed E-state index contributed by atoms with van der Waals surface area (Å²) >= 11 is 5.85. The van der Waals surface area contributed by atoms with Gasteiger partial charge >= 0.3 is 6.03 Å². The lowest BCUT2D eigenvalue weighted by Crippen LogP contribution is -2.33. The molecule has 0 fully saturated rings. The second-order valence-corrected chi connectivity index (χ2v) is 7.39. The van der Waals surface area contributed by atoms with Crippen LogP contribution in [-0.4, -0.2) is 47.1 Å². The molecule has 31 heavy (non-hydrogen) atoms. The van der Waals surface area contributed by atoms with Crippen LogP contribution >= 0.6 is 11.6 Å². The molecule has 0 aliphatic rings. The van der Waals surface area contributed by atoms with E-state index in [1.54, 1.807) is 55.6 Å². The van der Waals surface area contributed by atoms with E-state index in [0.717, 1.165) is 12.0 Å². The SMILES string of the molecule is CCCNC(=O)c1ccc(-c2nc(CCN(C)C(=O)Nc3ccc(Cl)cc3)no2)cc1. The van der Waals surface area contributed by atoms with E-state index in [9.17, 15) is 9.59 Å². The topological polar surface area (TPSA) is 100 Å². The number of carbonyl (C=O) groups is 2. The third kappa shape index (κ3) is 6.29. The molecule has 162 valence electrons. The van der Waals surface area contributed by atoms with Crippen molar-refractivity contribution in [2.24, 2.45) is 0 Å². The molecule has 0 saturated heterocycles. The normalized spacial score (nSPS) is 10.5. The van der Waals surface area contributed by atoms with Gasteiger partial charge in [0.1, 0.15) is 0 Å². The van der Waals surface area contributed by atoms with Crippen molar-refractivity contribution in [1.29, 1.82) is 0 Å². The molecule has 3 rings (SSSR count). The molecule has 1 heterocycles. The fourth-order valence-corrected chi connectivity index (χ4v) is 2.82. The van der Waals surface area contributed by atoms with Crippen LogP contribution in [0.3, 0.4) is 0 Å². The van der Waals surface area contributed by atoms with Crippen molar-refractivity contribution < 1.29 is 14.1 Å². The number of nitrogens with one attached hydrogen (secondary N) is 2. The zero-order valence-corrected chi connectivity index (χ0v) is 18.1. The van der Waals surface area contributed by atoms with E-state index in [2.05, 4.69) is 20.8 Å². The van der Waals surface area contributed by atoms with Crippen molar-refractivity contribution in [1.82, 2.24) is 20.4 Å². The summed E-state index contributed by atoms with van der Waals surface area (Å²) in [6.45, 7) is 3.05. The number of aromatic nitrogens is 2. The molecule has 0 saturated carbocycles. The summed E-state index contributed by atoms with van der Waals surface area (Å²) in [6.07, 6.45) is 1.32. The van der Waals surface area contributed by atoms with Gasteiger partial charge in [0.25, 0.3) is 11.8 Å². The van der Waals surface area contributed by atoms with Crippen molar-refractivity contribution in [2.75, 3.05) is 25.5 Å². The first-order chi connectivity index (χ1) is 15.0. The number of halogens is 1. The van der Waals surface area contributed by atoms with E-state index in [1.165, 1.54) is 4.90 Å². The van der Waals surface area contributed by atoms with Crippen LogP contribution in [-0.2, 0) is 6.42 Å². The minimum atomic E-state index is -0.247. The lowest BCUT2D eigenvalue weighted by atomic mass is 10.1. The molecule has 3 aromatic rings. The van der Waals surface area contributed by atoms with E-state index in [-0.39, 0.29) is 11.9 Å². The average molecular weight is 442 g/mol. The van der Waals surface area contributed by atoms with Crippen molar-refractivity contribution in [3.05, 3.63) is 64.9 Å². The molecule has 0 aliphatic carbocycles. The Labute approximate surface area is 185 Å². The highest BCUT2D eigenvalue weighted by atomic mass is 35.5. The van der Waals surface area contributed by atoms with Gasteiger partial charge in [-0.2, -0.15) is 4.98 Å². The smallest absolute Gasteiger partial charge is 0.321 e. The third-order valence-electron chi connectivity index (χ3n) is 4.51. The van der Waals surface area contributed by atoms with Crippen molar-refractivity contribution >= 4 is 29.2 Å². The highest BCUT2D eigenvalue weighted by Crippen LogP contribution is 2.18. The Morgan fingerprint density at radius 1 is 1.10 bits per heavy atom. The monoisotopic (exact) mass is 441 g/mol. The highest BCUT2D eigenvalue weighted by molar-refractivity contribution is 6.30. The van der Waals surface area contributed by atoms with Gasteiger partial charge in [-0.15, -0.1) is 0 Å². The van der Waals surface area contributed by atoms with E-state index < -0.39 is 0 Å². The summed E-state index contributed by atoms with van der Waals surface area (Å²) in [5, 5.41) is 10.2. The third-order valence-corrected chi connectivity index (χ3v) is 4.76. The van der Waals surface area contributed by atoms with Crippen LogP contribution in [0, 0.1) is 0 Å². The minimum Gasteiger partial charge on any atom is -0.352 e. The molecule has 0 unspecified atom stereocenters. The fraction of sp³-hybridized carbons (Fsp3) is 0.273. The first-order valence-corrected chi connectivity index (χ1v) is 10.3. The summed E-state index contributed by atoms with van der Waals surface area (Å²) in [5.41, 5.74) is 1.96. The second-order valence-electron chi connectivity index (χ2n) is 6.96. The van der Waals surface area contributed by atoms with Gasteiger partial charge in [-0.3, -0.25) is 4.79 Å². The Bertz CT molecular complexity index is 1020. The number of amides is 3. The first-order valence-electron chi connectivity index (χ1n) is 9.95. The maximum atomic E-state index is 12.3. The van der Waals surface area contributed by atoms with Crippen molar-refractivity contribution in [3.63, 3.8) is 0 Å². The van der Waals surface area contributed by atoms with E-state index in [0.29, 0.717) is 47.5 Å². The molecule has 3 amide bonds. The van der Waals surface area contributed by atoms with E-state index >= 15 is 0 Å². The summed E-state index contributed by atoms with van der Waals surface area (Å²) in [6, 6.07) is 13.6. The molecule has 0 aliphatic heterocycles. The maximum absolute atomic E-state index is 12.3. The summed E-state index contributed by atoms with van der Waals surface area (Å²) in [7, 11) is 1.69. The summed E-state index contributed by atoms with van der Waals surface area (Å²) in [5.74, 6) is 0.745. The molecule has 1 aromatic heterocycles. The molecule has 0 bridgehead atoms. The molecule has 0 radical (unpaired) electrons. The average Bonchev–Trinajstić information content (AvgIpc) is 3.26. The summed E-state index contributed by atoms with van der Waals surface area (Å²) < 4.78 is 5.32. The van der Waals surface area contributed by atoms with Crippen molar-refractivity contribution in [3.8, 4) is 11.5 Å². The van der Waals surface area contributed by atoms with Gasteiger partial charge in [-0.1, -0.05) is 23.7 Å². The van der Waals surface area contributed by atoms with Gasteiger partial charge in [-0.05, 0) is 55.0 Å². The van der Waals surface area contributed by atoms with Crippen LogP contribution in [0.2, 0.25) is 5.02 Å². The maximum Gasteiger partial charge on any atom is 0.321 e. The fourth-order valence-electron chi connectivity index (χ4n) is 2.70. The standard InChI is InChI=1S/C22H24ClN5O3/c1-3-13-24-20(29)15-4-6-16(7-5-15)21-26-19(27-31-21)12-14-28(2)22(30)25-18-10-8-17(23)9-11-18/h4-11H,3,12-14H2,1-2H3,(H,24,29)(H,25,30). The van der Waals surface area contributed by atoms with Crippen LogP contribution in [0.4, 0.5) is 10.5 Å². The largest absolute Gasteiger partial charge is 0.352 e. The number of urea groups is 1. The Morgan fingerprint density at radius 3 is 2.48 bits per heavy atom. The van der Waals surface area contributed by atoms with Crippen LogP contribution in [0.25, 0.3) is 11.5 Å². The molecule has 9 heteroatoms. The van der Waals surface area contributed by atoms with Crippen molar-refractivity contribution in [2.45, 2.75) is 19.8 Å². The molecular formula is C22H24ClN5O3. The Morgan fingerprint density at radius 2 is 1.81 bits per heavy atom. The number of anilines is 1. The Kier molecular flexibility index (Phi) is 7.61. The molecule has 2 aromatic carbocycles. The number of carbonyl (C=O) groups excluding carboxylic acids is 2. The molecule has 8 nitrogen and oxygen atoms in total. The van der Waals surface area contributed by atoms with Gasteiger partial charge in [0.05, 0.1) is 0 Å². The number of nitrogens with zero attached hydrogens (tertiary/aromatic N) is 3. The Balaban J connectivity index is 1.53. The van der Waals surface area contributed by atoms with Crippen LogP contribution < -0.4 is 10.6 Å². The first kappa shape index (κ1) is 22.3. The quantitative estimate of drug-likeness (QED) is 0.544. The number of hydrogen-bond acceptors (Lipinski definition) is 5. The number of rotatable bonds is 8. The number of likely N-dealkylation sites (N-methyl/N-ethyl adjacent to an activating group) is 1. The molecule has 0 atom stereocenters. The molecular weight excluding hydrogens is 418 g/mol. The van der Waals surface area contributed by atoms with E-state index in [1.807, 2.05) is 6.92 Å². The number of benzene rings is 2. The van der Waals surface area contributed by atoms with Crippen LogP contribution in [0.15, 0.2) is 53.1 Å². The lowest BCUT2D eigenvalue weighted by molar-refractivity contribution is 0.0953. The van der Waals surface area contributed by atoms with Gasteiger partial charge in [-0.25, -0.2) is 4.79 Å². The predicted octanol–water partition coefficient (Wildman–Crippen LogP) is 4.24. The molecule has 2 N–H and O–H groups in total. The minimum absolute atomic E-state index is 0.112. The molecule has 0 spiro atoms. The zero-order chi connectivity index (χ0) is 22.2. The zero-order valence-electron chi connectivity index (χ0n) is 17.4. The van der Waals surface area contributed by atoms with Crippen LogP contribution in [0.1, 0.15) is 29.5 Å². The number of hydrogen-bond donors (Lipinski definition) is 2. The van der Waals surface area contributed by atoms with Gasteiger partial charge in [0.2, 0.25) is 0 Å². The van der Waals surface area contributed by atoms with Gasteiger partial charge < -0.3 is 20.1 Å². The second kappa shape index (κ2) is 10.6.